The normalized spacial score (nSPS) is 10.5. The second-order valence-electron chi connectivity index (χ2n) is 4.16. The summed E-state index contributed by atoms with van der Waals surface area (Å²) in [6.07, 6.45) is 5.49. The summed E-state index contributed by atoms with van der Waals surface area (Å²) in [6.45, 7) is 6.67. The molecule has 0 fully saturated rings. The van der Waals surface area contributed by atoms with Crippen LogP contribution in [0.5, 0.6) is 0 Å². The average molecular weight is 259 g/mol. The lowest BCUT2D eigenvalue weighted by Gasteiger charge is -2.05. The van der Waals surface area contributed by atoms with Gasteiger partial charge in [0.15, 0.2) is 0 Å². The minimum absolute atomic E-state index is 0.221. The van der Waals surface area contributed by atoms with Gasteiger partial charge in [-0.25, -0.2) is 9.97 Å². The number of nitrogens with one attached hydrogen (secondary N) is 1. The zero-order valence-corrected chi connectivity index (χ0v) is 11.3. The van der Waals surface area contributed by atoms with Crippen LogP contribution in [0.1, 0.15) is 35.7 Å². The summed E-state index contributed by atoms with van der Waals surface area (Å²) in [5.74, 6) is 0.507. The fraction of sp³-hybridized carbons (Fsp3) is 0.385. The summed E-state index contributed by atoms with van der Waals surface area (Å²) in [6, 6.07) is 0. The molecule has 0 aliphatic heterocycles. The van der Waals surface area contributed by atoms with Crippen molar-refractivity contribution in [2.75, 3.05) is 5.32 Å². The highest BCUT2D eigenvalue weighted by molar-refractivity contribution is 6.04. The minimum Gasteiger partial charge on any atom is -0.319 e. The summed E-state index contributed by atoms with van der Waals surface area (Å²) in [4.78, 5) is 20.3. The summed E-state index contributed by atoms with van der Waals surface area (Å²) >= 11 is 0. The number of carbonyl (C=O) groups excluding carboxylic acids is 1. The van der Waals surface area contributed by atoms with E-state index in [1.165, 1.54) is 0 Å². The van der Waals surface area contributed by atoms with E-state index in [2.05, 4.69) is 20.4 Å². The van der Waals surface area contributed by atoms with E-state index < -0.39 is 0 Å². The maximum atomic E-state index is 12.0. The lowest BCUT2D eigenvalue weighted by atomic mass is 10.3. The second-order valence-corrected chi connectivity index (χ2v) is 4.16. The van der Waals surface area contributed by atoms with Gasteiger partial charge in [0.25, 0.3) is 5.91 Å². The highest BCUT2D eigenvalue weighted by Crippen LogP contribution is 2.14. The Kier molecular flexibility index (Phi) is 3.89. The van der Waals surface area contributed by atoms with E-state index in [-0.39, 0.29) is 5.91 Å². The number of rotatable bonds is 4. The molecule has 100 valence electrons. The van der Waals surface area contributed by atoms with E-state index in [0.717, 1.165) is 24.5 Å². The second kappa shape index (κ2) is 5.60. The number of anilines is 1. The molecule has 2 aromatic heterocycles. The van der Waals surface area contributed by atoms with Crippen LogP contribution in [-0.2, 0) is 13.0 Å². The number of aromatic nitrogens is 4. The van der Waals surface area contributed by atoms with Crippen LogP contribution in [0.2, 0.25) is 0 Å². The van der Waals surface area contributed by atoms with Crippen LogP contribution < -0.4 is 5.32 Å². The van der Waals surface area contributed by atoms with Crippen molar-refractivity contribution in [1.29, 1.82) is 0 Å². The van der Waals surface area contributed by atoms with E-state index >= 15 is 0 Å². The fourth-order valence-electron chi connectivity index (χ4n) is 1.74. The highest BCUT2D eigenvalue weighted by Gasteiger charge is 2.11. The van der Waals surface area contributed by atoms with Gasteiger partial charge in [-0.05, 0) is 13.8 Å². The van der Waals surface area contributed by atoms with Crippen molar-refractivity contribution < 1.29 is 4.79 Å². The molecule has 0 bridgehead atoms. The van der Waals surface area contributed by atoms with Gasteiger partial charge in [0, 0.05) is 25.4 Å². The molecule has 6 nitrogen and oxygen atoms in total. The van der Waals surface area contributed by atoms with Gasteiger partial charge in [-0.2, -0.15) is 5.10 Å². The molecule has 0 aliphatic rings. The van der Waals surface area contributed by atoms with E-state index in [4.69, 9.17) is 0 Å². The molecular formula is C13H17N5O. The van der Waals surface area contributed by atoms with Crippen molar-refractivity contribution in [2.24, 2.45) is 0 Å². The molecule has 0 atom stereocenters. The van der Waals surface area contributed by atoms with Crippen LogP contribution in [0, 0.1) is 6.92 Å². The quantitative estimate of drug-likeness (QED) is 0.909. The average Bonchev–Trinajstić information content (AvgIpc) is 2.79. The number of carbonyl (C=O) groups is 1. The van der Waals surface area contributed by atoms with Gasteiger partial charge >= 0.3 is 0 Å². The third-order valence-electron chi connectivity index (χ3n) is 2.93. The molecule has 2 aromatic rings. The predicted octanol–water partition coefficient (Wildman–Crippen LogP) is 1.82. The maximum absolute atomic E-state index is 12.0. The molecule has 19 heavy (non-hydrogen) atoms. The van der Waals surface area contributed by atoms with E-state index in [1.807, 2.05) is 25.5 Å². The third-order valence-corrected chi connectivity index (χ3v) is 2.93. The Labute approximate surface area is 111 Å². The van der Waals surface area contributed by atoms with Crippen molar-refractivity contribution in [3.8, 4) is 0 Å². The molecule has 0 unspecified atom stereocenters. The summed E-state index contributed by atoms with van der Waals surface area (Å²) in [5.41, 5.74) is 2.09. The molecule has 1 amide bonds. The van der Waals surface area contributed by atoms with Crippen molar-refractivity contribution in [3.63, 3.8) is 0 Å². The fourth-order valence-corrected chi connectivity index (χ4v) is 1.74. The number of nitrogens with zero attached hydrogens (tertiary/aromatic N) is 4. The van der Waals surface area contributed by atoms with E-state index in [1.54, 1.807) is 18.6 Å². The Hall–Kier alpha value is -2.24. The Morgan fingerprint density at radius 3 is 2.47 bits per heavy atom. The molecule has 0 aliphatic carbocycles. The summed E-state index contributed by atoms with van der Waals surface area (Å²) in [7, 11) is 0. The molecule has 0 aromatic carbocycles. The zero-order valence-electron chi connectivity index (χ0n) is 11.3. The standard InChI is InChI=1S/C13H17N5O/c1-4-12-14-6-10(7-15-12)13(19)17-11-8-16-18(5-2)9(11)3/h6-8H,4-5H2,1-3H3,(H,17,19). The Morgan fingerprint density at radius 1 is 1.26 bits per heavy atom. The maximum Gasteiger partial charge on any atom is 0.258 e. The van der Waals surface area contributed by atoms with Gasteiger partial charge < -0.3 is 5.32 Å². The largest absolute Gasteiger partial charge is 0.319 e. The molecule has 0 saturated heterocycles. The van der Waals surface area contributed by atoms with Gasteiger partial charge in [-0.15, -0.1) is 0 Å². The highest BCUT2D eigenvalue weighted by atomic mass is 16.1. The van der Waals surface area contributed by atoms with Crippen LogP contribution in [0.15, 0.2) is 18.6 Å². The minimum atomic E-state index is -0.221. The summed E-state index contributed by atoms with van der Waals surface area (Å²) < 4.78 is 1.83. The number of amides is 1. The van der Waals surface area contributed by atoms with E-state index in [9.17, 15) is 4.79 Å². The number of aryl methyl sites for hydroxylation is 2. The van der Waals surface area contributed by atoms with Crippen LogP contribution >= 0.6 is 0 Å². The van der Waals surface area contributed by atoms with Crippen molar-refractivity contribution in [2.45, 2.75) is 33.7 Å². The Bertz CT molecular complexity index is 573. The zero-order chi connectivity index (χ0) is 13.8. The predicted molar refractivity (Wildman–Crippen MR) is 72.0 cm³/mol. The summed E-state index contributed by atoms with van der Waals surface area (Å²) in [5, 5.41) is 7.00. The molecule has 0 spiro atoms. The molecule has 2 rings (SSSR count). The first-order valence-corrected chi connectivity index (χ1v) is 6.30. The number of hydrogen-bond donors (Lipinski definition) is 1. The molecule has 0 saturated carbocycles. The van der Waals surface area contributed by atoms with Crippen LogP contribution in [-0.4, -0.2) is 25.7 Å². The lowest BCUT2D eigenvalue weighted by Crippen LogP contribution is -2.13. The topological polar surface area (TPSA) is 72.7 Å². The molecular weight excluding hydrogens is 242 g/mol. The molecule has 0 radical (unpaired) electrons. The Balaban J connectivity index is 2.13. The molecule has 2 heterocycles. The first-order chi connectivity index (χ1) is 9.15. The van der Waals surface area contributed by atoms with Gasteiger partial charge in [0.2, 0.25) is 0 Å². The van der Waals surface area contributed by atoms with Crippen LogP contribution in [0.4, 0.5) is 5.69 Å². The molecule has 1 N–H and O–H groups in total. The molecule has 6 heteroatoms. The van der Waals surface area contributed by atoms with Gasteiger partial charge in [-0.3, -0.25) is 9.48 Å². The number of hydrogen-bond acceptors (Lipinski definition) is 4. The Morgan fingerprint density at radius 2 is 1.95 bits per heavy atom. The third kappa shape index (κ3) is 2.78. The SMILES string of the molecule is CCc1ncc(C(=O)Nc2cnn(CC)c2C)cn1. The van der Waals surface area contributed by atoms with Crippen LogP contribution in [0.3, 0.4) is 0 Å². The lowest BCUT2D eigenvalue weighted by molar-refractivity contribution is 0.102. The van der Waals surface area contributed by atoms with Gasteiger partial charge in [0.05, 0.1) is 23.1 Å². The van der Waals surface area contributed by atoms with Crippen molar-refractivity contribution in [1.82, 2.24) is 19.7 Å². The van der Waals surface area contributed by atoms with Gasteiger partial charge in [0.1, 0.15) is 5.82 Å². The first kappa shape index (κ1) is 13.2. The van der Waals surface area contributed by atoms with Gasteiger partial charge in [-0.1, -0.05) is 6.92 Å². The first-order valence-electron chi connectivity index (χ1n) is 6.30. The monoisotopic (exact) mass is 259 g/mol. The van der Waals surface area contributed by atoms with Crippen LogP contribution in [0.25, 0.3) is 0 Å². The van der Waals surface area contributed by atoms with Crippen molar-refractivity contribution >= 4 is 11.6 Å². The smallest absolute Gasteiger partial charge is 0.258 e. The van der Waals surface area contributed by atoms with E-state index in [0.29, 0.717) is 11.3 Å². The van der Waals surface area contributed by atoms with Crippen molar-refractivity contribution in [3.05, 3.63) is 35.7 Å².